The molecule has 5 rings (SSSR count). The van der Waals surface area contributed by atoms with E-state index < -0.39 is 11.5 Å². The highest BCUT2D eigenvalue weighted by atomic mass is 16.7. The maximum absolute atomic E-state index is 13.4. The van der Waals surface area contributed by atoms with E-state index >= 15 is 0 Å². The number of rotatable bonds is 4. The van der Waals surface area contributed by atoms with Crippen LogP contribution >= 0.6 is 0 Å². The highest BCUT2D eigenvalue weighted by Gasteiger charge is 2.25. The topological polar surface area (TPSA) is 90.6 Å². The molecule has 9 heteroatoms. The van der Waals surface area contributed by atoms with E-state index in [0.717, 1.165) is 37.4 Å². The first-order valence-corrected chi connectivity index (χ1v) is 10.7. The Kier molecular flexibility index (Phi) is 4.88. The van der Waals surface area contributed by atoms with E-state index in [-0.39, 0.29) is 12.4 Å². The van der Waals surface area contributed by atoms with Gasteiger partial charge >= 0.3 is 0 Å². The first-order valence-electron chi connectivity index (χ1n) is 10.7. The summed E-state index contributed by atoms with van der Waals surface area (Å²) in [6, 6.07) is 7.02. The molecule has 3 aromatic rings. The number of hydrogen-bond acceptors (Lipinski definition) is 6. The Morgan fingerprint density at radius 1 is 1.09 bits per heavy atom. The third kappa shape index (κ3) is 3.30. The van der Waals surface area contributed by atoms with Gasteiger partial charge in [-0.25, -0.2) is 0 Å². The molecule has 1 amide bonds. The molecule has 0 atom stereocenters. The molecule has 0 unspecified atom stereocenters. The van der Waals surface area contributed by atoms with Gasteiger partial charge in [-0.05, 0) is 50.5 Å². The lowest BCUT2D eigenvalue weighted by atomic mass is 10.1. The Morgan fingerprint density at radius 3 is 2.62 bits per heavy atom. The minimum Gasteiger partial charge on any atom is -0.454 e. The summed E-state index contributed by atoms with van der Waals surface area (Å²) >= 11 is 0. The van der Waals surface area contributed by atoms with Gasteiger partial charge in [0.2, 0.25) is 6.79 Å². The van der Waals surface area contributed by atoms with Crippen LogP contribution in [0.25, 0.3) is 5.69 Å². The van der Waals surface area contributed by atoms with Crippen LogP contribution < -0.4 is 25.2 Å². The lowest BCUT2D eigenvalue weighted by Crippen LogP contribution is -2.30. The molecule has 0 aliphatic carbocycles. The maximum Gasteiger partial charge on any atom is 0.268 e. The van der Waals surface area contributed by atoms with Crippen LogP contribution in [-0.2, 0) is 7.05 Å². The molecule has 9 nitrogen and oxygen atoms in total. The minimum absolute atomic E-state index is 0.0980. The normalized spacial score (nSPS) is 14.8. The molecule has 1 N–H and O–H groups in total. The van der Waals surface area contributed by atoms with Crippen molar-refractivity contribution in [3.63, 3.8) is 0 Å². The van der Waals surface area contributed by atoms with Crippen LogP contribution in [0.2, 0.25) is 0 Å². The molecule has 32 heavy (non-hydrogen) atoms. The Labute approximate surface area is 185 Å². The molecule has 1 saturated heterocycles. The average Bonchev–Trinajstić information content (AvgIpc) is 3.51. The monoisotopic (exact) mass is 435 g/mol. The molecular formula is C23H25N5O4. The number of carbonyl (C=O) groups excluding carboxylic acids is 1. The van der Waals surface area contributed by atoms with Crippen LogP contribution in [0.1, 0.15) is 34.5 Å². The molecular weight excluding hydrogens is 410 g/mol. The van der Waals surface area contributed by atoms with Gasteiger partial charge in [0.15, 0.2) is 17.3 Å². The van der Waals surface area contributed by atoms with Crippen molar-refractivity contribution < 1.29 is 14.3 Å². The summed E-state index contributed by atoms with van der Waals surface area (Å²) in [5.41, 5.74) is 2.39. The predicted octanol–water partition coefficient (Wildman–Crippen LogP) is 2.77. The second-order valence-electron chi connectivity index (χ2n) is 8.14. The molecule has 166 valence electrons. The van der Waals surface area contributed by atoms with Gasteiger partial charge in [-0.3, -0.25) is 18.8 Å². The van der Waals surface area contributed by atoms with Gasteiger partial charge in [0, 0.05) is 32.4 Å². The van der Waals surface area contributed by atoms with Gasteiger partial charge in [-0.1, -0.05) is 0 Å². The van der Waals surface area contributed by atoms with E-state index in [1.807, 2.05) is 14.0 Å². The van der Waals surface area contributed by atoms with Crippen LogP contribution in [0.4, 0.5) is 11.5 Å². The number of anilines is 2. The molecule has 0 spiro atoms. The number of hydrogen-bond donors (Lipinski definition) is 1. The molecule has 0 radical (unpaired) electrons. The van der Waals surface area contributed by atoms with Crippen molar-refractivity contribution in [1.29, 1.82) is 0 Å². The Bertz CT molecular complexity index is 1270. The smallest absolute Gasteiger partial charge is 0.268 e. The molecule has 4 heterocycles. The largest absolute Gasteiger partial charge is 0.454 e. The van der Waals surface area contributed by atoms with Gasteiger partial charge < -0.3 is 19.7 Å². The van der Waals surface area contributed by atoms with Crippen LogP contribution in [0, 0.1) is 13.8 Å². The summed E-state index contributed by atoms with van der Waals surface area (Å²) in [5, 5.41) is 7.57. The summed E-state index contributed by atoms with van der Waals surface area (Å²) in [6.45, 7) is 5.63. The molecule has 0 saturated carbocycles. The number of ether oxygens (including phenoxy) is 2. The number of nitrogens with zero attached hydrogens (tertiary/aromatic N) is 4. The quantitative estimate of drug-likeness (QED) is 0.678. The zero-order chi connectivity index (χ0) is 22.4. The fourth-order valence-corrected chi connectivity index (χ4v) is 4.20. The van der Waals surface area contributed by atoms with Crippen molar-refractivity contribution in [3.8, 4) is 17.2 Å². The number of nitrogens with one attached hydrogen (secondary N) is 1. The van der Waals surface area contributed by atoms with E-state index in [0.29, 0.717) is 28.4 Å². The Hall–Kier alpha value is -3.75. The number of carbonyl (C=O) groups is 1. The summed E-state index contributed by atoms with van der Waals surface area (Å²) in [7, 11) is 1.85. The van der Waals surface area contributed by atoms with Gasteiger partial charge in [0.05, 0.1) is 11.4 Å². The van der Waals surface area contributed by atoms with Crippen LogP contribution in [-0.4, -0.2) is 40.1 Å². The fourth-order valence-electron chi connectivity index (χ4n) is 4.20. The fraction of sp³-hybridized carbons (Fsp3) is 0.348. The lowest BCUT2D eigenvalue weighted by Gasteiger charge is -2.17. The number of fused-ring (bicyclic) bond motifs is 1. The van der Waals surface area contributed by atoms with E-state index in [1.54, 1.807) is 42.1 Å². The molecule has 1 fully saturated rings. The molecule has 2 aromatic heterocycles. The third-order valence-electron chi connectivity index (χ3n) is 6.12. The highest BCUT2D eigenvalue weighted by Crippen LogP contribution is 2.34. The van der Waals surface area contributed by atoms with Crippen LogP contribution in [0.3, 0.4) is 0 Å². The van der Waals surface area contributed by atoms with Crippen molar-refractivity contribution in [2.45, 2.75) is 26.7 Å². The zero-order valence-electron chi connectivity index (χ0n) is 18.3. The predicted molar refractivity (Wildman–Crippen MR) is 120 cm³/mol. The van der Waals surface area contributed by atoms with Crippen LogP contribution in [0.15, 0.2) is 35.3 Å². The van der Waals surface area contributed by atoms with Crippen molar-refractivity contribution in [3.05, 3.63) is 57.6 Å². The van der Waals surface area contributed by atoms with Crippen molar-refractivity contribution in [2.75, 3.05) is 30.1 Å². The van der Waals surface area contributed by atoms with Crippen molar-refractivity contribution in [1.82, 2.24) is 14.3 Å². The number of aromatic nitrogens is 3. The number of benzene rings is 1. The molecule has 2 aliphatic heterocycles. The zero-order valence-corrected chi connectivity index (χ0v) is 18.3. The van der Waals surface area contributed by atoms with Crippen molar-refractivity contribution >= 4 is 17.4 Å². The average molecular weight is 435 g/mol. The lowest BCUT2D eigenvalue weighted by molar-refractivity contribution is 0.102. The van der Waals surface area contributed by atoms with Gasteiger partial charge in [-0.2, -0.15) is 5.10 Å². The minimum atomic E-state index is -0.445. The molecule has 0 bridgehead atoms. The van der Waals surface area contributed by atoms with E-state index in [1.165, 1.54) is 4.57 Å². The highest BCUT2D eigenvalue weighted by molar-refractivity contribution is 6.06. The summed E-state index contributed by atoms with van der Waals surface area (Å²) in [6.07, 6.45) is 3.86. The summed E-state index contributed by atoms with van der Waals surface area (Å²) in [4.78, 5) is 28.9. The first kappa shape index (κ1) is 20.2. The SMILES string of the molecule is Cc1ccn(-c2ccc3c(c2)OCO3)c(=O)c1C(=O)Nc1c(N2CCCC2)nn(C)c1C. The summed E-state index contributed by atoms with van der Waals surface area (Å²) in [5.74, 6) is 1.51. The van der Waals surface area contributed by atoms with Gasteiger partial charge in [0.1, 0.15) is 11.3 Å². The summed E-state index contributed by atoms with van der Waals surface area (Å²) < 4.78 is 14.0. The number of aryl methyl sites for hydroxylation is 2. The van der Waals surface area contributed by atoms with E-state index in [9.17, 15) is 9.59 Å². The molecule has 1 aromatic carbocycles. The van der Waals surface area contributed by atoms with E-state index in [2.05, 4.69) is 15.3 Å². The Morgan fingerprint density at radius 2 is 1.84 bits per heavy atom. The van der Waals surface area contributed by atoms with Crippen LogP contribution in [0.5, 0.6) is 11.5 Å². The maximum atomic E-state index is 13.4. The van der Waals surface area contributed by atoms with E-state index in [4.69, 9.17) is 9.47 Å². The molecule has 2 aliphatic rings. The van der Waals surface area contributed by atoms with Gasteiger partial charge in [0.25, 0.3) is 11.5 Å². The third-order valence-corrected chi connectivity index (χ3v) is 6.12. The standard InChI is InChI=1S/C23H25N5O4/c1-14-8-11-28(16-6-7-17-18(12-16)32-13-31-17)23(30)19(14)22(29)24-20-15(2)26(3)25-21(20)27-9-4-5-10-27/h6-8,11-12H,4-5,9-10,13H2,1-3H3,(H,24,29). The Balaban J connectivity index is 1.51. The van der Waals surface area contributed by atoms with Crippen molar-refractivity contribution in [2.24, 2.45) is 7.05 Å². The van der Waals surface area contributed by atoms with Gasteiger partial charge in [-0.15, -0.1) is 0 Å². The second kappa shape index (κ2) is 7.74. The second-order valence-corrected chi connectivity index (χ2v) is 8.14. The first-order chi connectivity index (χ1) is 15.4. The number of pyridine rings is 1. The number of amides is 1.